The lowest BCUT2D eigenvalue weighted by molar-refractivity contribution is 1.04. The molecule has 8 N–H and O–H groups in total. The van der Waals surface area contributed by atoms with Crippen molar-refractivity contribution in [2.24, 2.45) is 22.9 Å². The maximum Gasteiger partial charge on any atom is 0.0184 e. The van der Waals surface area contributed by atoms with Gasteiger partial charge < -0.3 is 22.9 Å². The van der Waals surface area contributed by atoms with Gasteiger partial charge in [-0.05, 0) is 54.6 Å². The van der Waals surface area contributed by atoms with Crippen molar-refractivity contribution >= 4 is 81.9 Å². The molecule has 0 bridgehead atoms. The second-order valence-electron chi connectivity index (χ2n) is 6.28. The standard InChI is InChI=1S/C20H22N4.4ClH/c21-7-11-5-13(9-23)17-3-4-18-14(10-24)6-12(8-22)16-2-1-15(11)19(17)20(16)18;;;;/h1-6H,7-10,21-24H2;4*1H. The lowest BCUT2D eigenvalue weighted by Gasteiger charge is -2.19. The summed E-state index contributed by atoms with van der Waals surface area (Å²) in [6, 6.07) is 12.9. The van der Waals surface area contributed by atoms with Gasteiger partial charge in [0, 0.05) is 26.2 Å². The molecule has 4 nitrogen and oxygen atoms in total. The summed E-state index contributed by atoms with van der Waals surface area (Å²) in [4.78, 5) is 0. The predicted octanol–water partition coefficient (Wildman–Crippen LogP) is 4.11. The molecule has 0 unspecified atom stereocenters. The van der Waals surface area contributed by atoms with E-state index in [1.165, 1.54) is 32.3 Å². The van der Waals surface area contributed by atoms with E-state index in [9.17, 15) is 0 Å². The van der Waals surface area contributed by atoms with Crippen LogP contribution >= 0.6 is 49.6 Å². The van der Waals surface area contributed by atoms with Gasteiger partial charge in [0.05, 0.1) is 0 Å². The molecule has 0 fully saturated rings. The van der Waals surface area contributed by atoms with Crippen LogP contribution in [0.5, 0.6) is 0 Å². The summed E-state index contributed by atoms with van der Waals surface area (Å²) < 4.78 is 0. The SMILES string of the molecule is Cl.Cl.Cl.Cl.NCc1cc(CN)c2ccc3c(CN)cc(CN)c4ccc1c2c43. The Bertz CT molecular complexity index is 907. The monoisotopic (exact) mass is 462 g/mol. The van der Waals surface area contributed by atoms with Gasteiger partial charge in [0.1, 0.15) is 0 Å². The molecule has 0 saturated heterocycles. The predicted molar refractivity (Wildman–Crippen MR) is 131 cm³/mol. The van der Waals surface area contributed by atoms with Crippen molar-refractivity contribution in [3.05, 3.63) is 58.7 Å². The first-order valence-electron chi connectivity index (χ1n) is 8.27. The lowest BCUT2D eigenvalue weighted by atomic mass is 9.86. The first kappa shape index (κ1) is 26.9. The van der Waals surface area contributed by atoms with Crippen LogP contribution in [-0.4, -0.2) is 0 Å². The molecule has 0 atom stereocenters. The second kappa shape index (κ2) is 10.6. The van der Waals surface area contributed by atoms with Crippen LogP contribution < -0.4 is 22.9 Å². The highest BCUT2D eigenvalue weighted by molar-refractivity contribution is 6.25. The molecule has 154 valence electrons. The molecule has 0 amide bonds. The summed E-state index contributed by atoms with van der Waals surface area (Å²) in [5.41, 5.74) is 28.5. The summed E-state index contributed by atoms with van der Waals surface area (Å²) in [7, 11) is 0. The quantitative estimate of drug-likeness (QED) is 0.342. The summed E-state index contributed by atoms with van der Waals surface area (Å²) in [6.07, 6.45) is 0. The number of halogens is 4. The van der Waals surface area contributed by atoms with Gasteiger partial charge in [-0.25, -0.2) is 0 Å². The first-order chi connectivity index (χ1) is 11.7. The Kier molecular flexibility index (Phi) is 10.2. The molecule has 4 aromatic carbocycles. The molecule has 0 radical (unpaired) electrons. The smallest absolute Gasteiger partial charge is 0.0184 e. The Balaban J connectivity index is 0.00000182. The molecule has 0 aromatic heterocycles. The van der Waals surface area contributed by atoms with E-state index in [2.05, 4.69) is 36.4 Å². The van der Waals surface area contributed by atoms with Crippen molar-refractivity contribution in [3.8, 4) is 0 Å². The average molecular weight is 464 g/mol. The maximum absolute atomic E-state index is 6.00. The molecule has 4 rings (SSSR count). The molecule has 0 aliphatic carbocycles. The minimum absolute atomic E-state index is 0. The summed E-state index contributed by atoms with van der Waals surface area (Å²) in [6.45, 7) is 1.98. The highest BCUT2D eigenvalue weighted by Crippen LogP contribution is 2.40. The molecular weight excluding hydrogens is 438 g/mol. The first-order valence-corrected chi connectivity index (χ1v) is 8.27. The van der Waals surface area contributed by atoms with E-state index >= 15 is 0 Å². The van der Waals surface area contributed by atoms with Gasteiger partial charge in [-0.15, -0.1) is 49.6 Å². The third-order valence-corrected chi connectivity index (χ3v) is 5.12. The molecule has 0 aliphatic rings. The number of hydrogen-bond acceptors (Lipinski definition) is 4. The normalized spacial score (nSPS) is 10.3. The minimum Gasteiger partial charge on any atom is -0.326 e. The van der Waals surface area contributed by atoms with Gasteiger partial charge in [0.15, 0.2) is 0 Å². The Labute approximate surface area is 189 Å². The zero-order chi connectivity index (χ0) is 16.8. The second-order valence-corrected chi connectivity index (χ2v) is 6.28. The summed E-state index contributed by atoms with van der Waals surface area (Å²) in [5.74, 6) is 0. The third kappa shape index (κ3) is 3.84. The molecule has 8 heteroatoms. The van der Waals surface area contributed by atoms with Gasteiger partial charge >= 0.3 is 0 Å². The van der Waals surface area contributed by atoms with Crippen LogP contribution in [0.1, 0.15) is 22.3 Å². The van der Waals surface area contributed by atoms with E-state index in [0.29, 0.717) is 26.2 Å². The van der Waals surface area contributed by atoms with E-state index in [0.717, 1.165) is 22.3 Å². The Hall–Kier alpha value is -1.08. The zero-order valence-electron chi connectivity index (χ0n) is 15.2. The molecule has 0 aliphatic heterocycles. The van der Waals surface area contributed by atoms with Gasteiger partial charge in [-0.3, -0.25) is 0 Å². The van der Waals surface area contributed by atoms with Gasteiger partial charge in [-0.1, -0.05) is 36.4 Å². The molecule has 4 aromatic rings. The molecule has 28 heavy (non-hydrogen) atoms. The topological polar surface area (TPSA) is 104 Å². The fourth-order valence-electron chi connectivity index (χ4n) is 3.97. The van der Waals surface area contributed by atoms with Gasteiger partial charge in [0.2, 0.25) is 0 Å². The van der Waals surface area contributed by atoms with Crippen molar-refractivity contribution in [1.29, 1.82) is 0 Å². The third-order valence-electron chi connectivity index (χ3n) is 5.12. The summed E-state index contributed by atoms with van der Waals surface area (Å²) in [5, 5.41) is 7.25. The van der Waals surface area contributed by atoms with Gasteiger partial charge in [0.25, 0.3) is 0 Å². The van der Waals surface area contributed by atoms with Crippen LogP contribution in [0.25, 0.3) is 32.3 Å². The van der Waals surface area contributed by atoms with E-state index < -0.39 is 0 Å². The fraction of sp³-hybridized carbons (Fsp3) is 0.200. The largest absolute Gasteiger partial charge is 0.326 e. The van der Waals surface area contributed by atoms with Crippen molar-refractivity contribution in [3.63, 3.8) is 0 Å². The lowest BCUT2D eigenvalue weighted by Crippen LogP contribution is -2.06. The maximum atomic E-state index is 6.00. The van der Waals surface area contributed by atoms with Crippen molar-refractivity contribution in [2.45, 2.75) is 26.2 Å². The highest BCUT2D eigenvalue weighted by Gasteiger charge is 2.16. The van der Waals surface area contributed by atoms with E-state index in [4.69, 9.17) is 22.9 Å². The molecular formula is C20H26Cl4N4. The summed E-state index contributed by atoms with van der Waals surface area (Å²) >= 11 is 0. The molecule has 0 spiro atoms. The van der Waals surface area contributed by atoms with E-state index in [1.807, 2.05) is 0 Å². The van der Waals surface area contributed by atoms with Crippen LogP contribution in [0.2, 0.25) is 0 Å². The molecule has 0 heterocycles. The fourth-order valence-corrected chi connectivity index (χ4v) is 3.97. The Morgan fingerprint density at radius 1 is 0.429 bits per heavy atom. The Morgan fingerprint density at radius 2 is 0.643 bits per heavy atom. The van der Waals surface area contributed by atoms with Crippen molar-refractivity contribution < 1.29 is 0 Å². The van der Waals surface area contributed by atoms with E-state index in [1.54, 1.807) is 0 Å². The highest BCUT2D eigenvalue weighted by atomic mass is 35.5. The number of rotatable bonds is 4. The van der Waals surface area contributed by atoms with Crippen molar-refractivity contribution in [2.75, 3.05) is 0 Å². The van der Waals surface area contributed by atoms with Crippen LogP contribution in [-0.2, 0) is 26.2 Å². The van der Waals surface area contributed by atoms with Crippen LogP contribution in [0, 0.1) is 0 Å². The Morgan fingerprint density at radius 3 is 0.821 bits per heavy atom. The van der Waals surface area contributed by atoms with Crippen LogP contribution in [0.3, 0.4) is 0 Å². The number of nitrogens with two attached hydrogens (primary N) is 4. The molecule has 0 saturated carbocycles. The van der Waals surface area contributed by atoms with Crippen molar-refractivity contribution in [1.82, 2.24) is 0 Å². The van der Waals surface area contributed by atoms with Gasteiger partial charge in [-0.2, -0.15) is 0 Å². The van der Waals surface area contributed by atoms with Crippen LogP contribution in [0.15, 0.2) is 36.4 Å². The zero-order valence-corrected chi connectivity index (χ0v) is 18.5. The average Bonchev–Trinajstić information content (AvgIpc) is 2.64. The number of hydrogen-bond donors (Lipinski definition) is 4. The van der Waals surface area contributed by atoms with Crippen LogP contribution in [0.4, 0.5) is 0 Å². The minimum atomic E-state index is 0. The van der Waals surface area contributed by atoms with E-state index in [-0.39, 0.29) is 49.6 Å². The number of benzene rings is 4.